The maximum atomic E-state index is 13.8. The molecule has 0 radical (unpaired) electrons. The van der Waals surface area contributed by atoms with Gasteiger partial charge >= 0.3 is 6.03 Å². The zero-order valence-electron chi connectivity index (χ0n) is 28.5. The van der Waals surface area contributed by atoms with Crippen molar-refractivity contribution in [1.82, 2.24) is 10.2 Å². The van der Waals surface area contributed by atoms with Gasteiger partial charge in [0.15, 0.2) is 0 Å². The van der Waals surface area contributed by atoms with Crippen molar-refractivity contribution in [1.29, 1.82) is 0 Å². The van der Waals surface area contributed by atoms with Gasteiger partial charge in [-0.25, -0.2) is 4.79 Å². The third-order valence-electron chi connectivity index (χ3n) is 8.97. The first-order valence-electron chi connectivity index (χ1n) is 16.8. The molecule has 3 aromatic rings. The van der Waals surface area contributed by atoms with Crippen molar-refractivity contribution in [2.75, 3.05) is 93.1 Å². The van der Waals surface area contributed by atoms with E-state index in [0.717, 1.165) is 93.0 Å². The first-order chi connectivity index (χ1) is 22.7. The Morgan fingerprint density at radius 1 is 0.787 bits per heavy atom. The summed E-state index contributed by atoms with van der Waals surface area (Å²) in [5.41, 5.74) is 6.06. The van der Waals surface area contributed by atoms with E-state index in [2.05, 4.69) is 76.5 Å². The summed E-state index contributed by atoms with van der Waals surface area (Å²) in [5.74, 6) is 1.20. The van der Waals surface area contributed by atoms with Gasteiger partial charge in [-0.3, -0.25) is 9.69 Å². The molecule has 0 unspecified atom stereocenters. The van der Waals surface area contributed by atoms with Crippen molar-refractivity contribution in [2.45, 2.75) is 39.5 Å². The minimum atomic E-state index is -0.336. The molecule has 0 aliphatic carbocycles. The molecule has 3 aromatic carbocycles. The van der Waals surface area contributed by atoms with E-state index in [1.54, 1.807) is 13.2 Å². The fraction of sp³-hybridized carbons (Fsp3) is 0.459. The van der Waals surface area contributed by atoms with Crippen LogP contribution in [0.15, 0.2) is 60.7 Å². The van der Waals surface area contributed by atoms with Crippen LogP contribution < -0.4 is 30.5 Å². The summed E-state index contributed by atoms with van der Waals surface area (Å²) in [6, 6.07) is 19.5. The van der Waals surface area contributed by atoms with Gasteiger partial charge in [0.25, 0.3) is 5.91 Å². The molecule has 5 rings (SSSR count). The van der Waals surface area contributed by atoms with Gasteiger partial charge in [-0.2, -0.15) is 0 Å². The molecule has 2 aliphatic rings. The van der Waals surface area contributed by atoms with E-state index in [9.17, 15) is 9.59 Å². The van der Waals surface area contributed by atoms with E-state index in [4.69, 9.17) is 9.47 Å². The second kappa shape index (κ2) is 16.0. The average Bonchev–Trinajstić information content (AvgIpc) is 3.08. The van der Waals surface area contributed by atoms with Crippen LogP contribution in [0.3, 0.4) is 0 Å². The van der Waals surface area contributed by atoms with Crippen LogP contribution in [0.2, 0.25) is 0 Å². The number of morpholine rings is 1. The number of carbonyl (C=O) groups excluding carboxylic acids is 2. The Labute approximate surface area is 279 Å². The summed E-state index contributed by atoms with van der Waals surface area (Å²) >= 11 is 0. The highest BCUT2D eigenvalue weighted by atomic mass is 16.5. The van der Waals surface area contributed by atoms with Crippen molar-refractivity contribution in [3.8, 4) is 5.75 Å². The van der Waals surface area contributed by atoms with Crippen molar-refractivity contribution < 1.29 is 19.1 Å². The molecule has 3 N–H and O–H groups in total. The smallest absolute Gasteiger partial charge is 0.323 e. The number of anilines is 4. The van der Waals surface area contributed by atoms with Crippen LogP contribution in [0.25, 0.3) is 0 Å². The predicted molar refractivity (Wildman–Crippen MR) is 191 cm³/mol. The molecular weight excluding hydrogens is 592 g/mol. The van der Waals surface area contributed by atoms with Gasteiger partial charge in [0.2, 0.25) is 0 Å². The zero-order chi connectivity index (χ0) is 33.3. The number of hydrogen-bond donors (Lipinski definition) is 3. The third-order valence-corrected chi connectivity index (χ3v) is 8.97. The van der Waals surface area contributed by atoms with Crippen LogP contribution in [0.4, 0.5) is 27.5 Å². The average molecular weight is 643 g/mol. The molecule has 0 saturated carbocycles. The molecule has 2 aliphatic heterocycles. The minimum Gasteiger partial charge on any atom is -0.495 e. The van der Waals surface area contributed by atoms with Gasteiger partial charge in [0.1, 0.15) is 5.75 Å². The predicted octanol–water partition coefficient (Wildman–Crippen LogP) is 5.97. The number of ether oxygens (including phenoxy) is 2. The van der Waals surface area contributed by atoms with Gasteiger partial charge in [-0.15, -0.1) is 0 Å². The van der Waals surface area contributed by atoms with Gasteiger partial charge in [0, 0.05) is 69.4 Å². The number of urea groups is 1. The Bertz CT molecular complexity index is 1490. The quantitative estimate of drug-likeness (QED) is 0.237. The molecule has 2 fully saturated rings. The van der Waals surface area contributed by atoms with Crippen LogP contribution in [-0.2, 0) is 4.74 Å². The molecule has 10 heteroatoms. The lowest BCUT2D eigenvalue weighted by molar-refractivity contribution is 0.0383. The maximum Gasteiger partial charge on any atom is 0.323 e. The molecule has 0 atom stereocenters. The highest BCUT2D eigenvalue weighted by molar-refractivity contribution is 6.04. The Hall–Kier alpha value is -4.28. The van der Waals surface area contributed by atoms with Crippen molar-refractivity contribution in [2.24, 2.45) is 0 Å². The summed E-state index contributed by atoms with van der Waals surface area (Å²) < 4.78 is 11.1. The molecule has 47 heavy (non-hydrogen) atoms. The summed E-state index contributed by atoms with van der Waals surface area (Å²) in [6.45, 7) is 16.0. The molecule has 252 valence electrons. The third kappa shape index (κ3) is 8.55. The number of para-hydroxylation sites is 3. The molecule has 10 nitrogen and oxygen atoms in total. The lowest BCUT2D eigenvalue weighted by Gasteiger charge is -2.38. The van der Waals surface area contributed by atoms with Gasteiger partial charge in [-0.05, 0) is 53.3 Å². The van der Waals surface area contributed by atoms with Crippen molar-refractivity contribution in [3.05, 3.63) is 77.4 Å². The second-order valence-corrected chi connectivity index (χ2v) is 12.8. The van der Waals surface area contributed by atoms with Crippen LogP contribution in [-0.4, -0.2) is 89.5 Å². The number of amides is 3. The SMILES string of the molecule is COc1ccccc1N1CCN(c2ccc(NC(=O)Nc3c(C(C)C)cccc3C(C)C)cc2C(=O)NCCN2CCOCC2)CC1. The number of carbonyl (C=O) groups is 2. The monoisotopic (exact) mass is 642 g/mol. The molecule has 0 aromatic heterocycles. The Kier molecular flexibility index (Phi) is 11.6. The molecule has 3 amide bonds. The van der Waals surface area contributed by atoms with Crippen molar-refractivity contribution >= 4 is 34.7 Å². The van der Waals surface area contributed by atoms with Crippen LogP contribution in [0.1, 0.15) is 61.0 Å². The lowest BCUT2D eigenvalue weighted by atomic mass is 9.93. The van der Waals surface area contributed by atoms with Gasteiger partial charge < -0.3 is 35.2 Å². The lowest BCUT2D eigenvalue weighted by Crippen LogP contribution is -2.47. The topological polar surface area (TPSA) is 98.4 Å². The number of piperazine rings is 1. The number of nitrogens with zero attached hydrogens (tertiary/aromatic N) is 3. The molecular formula is C37H50N6O4. The highest BCUT2D eigenvalue weighted by Crippen LogP contribution is 2.33. The summed E-state index contributed by atoms with van der Waals surface area (Å²) in [6.07, 6.45) is 0. The largest absolute Gasteiger partial charge is 0.495 e. The van der Waals surface area contributed by atoms with E-state index in [1.165, 1.54) is 0 Å². The number of benzene rings is 3. The first kappa shape index (κ1) is 34.1. The second-order valence-electron chi connectivity index (χ2n) is 12.8. The van der Waals surface area contributed by atoms with E-state index in [-0.39, 0.29) is 23.8 Å². The van der Waals surface area contributed by atoms with Crippen molar-refractivity contribution in [3.63, 3.8) is 0 Å². The van der Waals surface area contributed by atoms with E-state index in [0.29, 0.717) is 17.8 Å². The number of hydrogen-bond acceptors (Lipinski definition) is 7. The normalized spacial score (nSPS) is 15.6. The summed E-state index contributed by atoms with van der Waals surface area (Å²) in [5, 5.41) is 9.26. The number of methoxy groups -OCH3 is 1. The maximum absolute atomic E-state index is 13.8. The minimum absolute atomic E-state index is 0.156. The van der Waals surface area contributed by atoms with E-state index in [1.807, 2.05) is 36.4 Å². The fourth-order valence-electron chi connectivity index (χ4n) is 6.37. The summed E-state index contributed by atoms with van der Waals surface area (Å²) in [7, 11) is 1.70. The van der Waals surface area contributed by atoms with Gasteiger partial charge in [0.05, 0.1) is 31.6 Å². The van der Waals surface area contributed by atoms with E-state index >= 15 is 0 Å². The Balaban J connectivity index is 1.34. The van der Waals surface area contributed by atoms with Crippen LogP contribution >= 0.6 is 0 Å². The standard InChI is InChI=1S/C37H50N6O4/c1-26(2)29-9-8-10-30(27(3)4)35(29)40-37(45)39-28-13-14-32(31(25-28)36(44)38-15-16-41-21-23-47-24-22-41)42-17-19-43(20-18-42)33-11-6-7-12-34(33)46-5/h6-14,25-27H,15-24H2,1-5H3,(H,38,44)(H2,39,40,45). The molecule has 0 bridgehead atoms. The number of rotatable bonds is 11. The van der Waals surface area contributed by atoms with Crippen LogP contribution in [0.5, 0.6) is 5.75 Å². The molecule has 2 saturated heterocycles. The number of nitrogens with one attached hydrogen (secondary N) is 3. The highest BCUT2D eigenvalue weighted by Gasteiger charge is 2.24. The van der Waals surface area contributed by atoms with Crippen LogP contribution in [0, 0.1) is 0 Å². The Morgan fingerprint density at radius 3 is 2.06 bits per heavy atom. The van der Waals surface area contributed by atoms with Gasteiger partial charge in [-0.1, -0.05) is 58.0 Å². The fourth-order valence-corrected chi connectivity index (χ4v) is 6.37. The zero-order valence-corrected chi connectivity index (χ0v) is 28.5. The molecule has 0 spiro atoms. The Morgan fingerprint density at radius 2 is 1.43 bits per heavy atom. The summed E-state index contributed by atoms with van der Waals surface area (Å²) in [4.78, 5) is 34.0. The molecule has 2 heterocycles. The first-order valence-corrected chi connectivity index (χ1v) is 16.8. The van der Waals surface area contributed by atoms with E-state index < -0.39 is 0 Å².